The van der Waals surface area contributed by atoms with Crippen molar-refractivity contribution in [2.75, 3.05) is 39.4 Å². The van der Waals surface area contributed by atoms with E-state index >= 15 is 0 Å². The number of rotatable bonds is 8. The third-order valence-electron chi connectivity index (χ3n) is 4.05. The number of morpholine rings is 1. The molecule has 3 N–H and O–H groups in total. The average molecular weight is 418 g/mol. The van der Waals surface area contributed by atoms with Gasteiger partial charge in [-0.3, -0.25) is 9.69 Å². The van der Waals surface area contributed by atoms with Crippen molar-refractivity contribution in [3.05, 3.63) is 0 Å². The standard InChI is InChI=1S/C18H34N4O7/c1-12(2)28-17(25)20-22(18(26)29-13(3)4)14(5)15(23)16(24)19-6-7-21-8-10-27-11-9-21/h12-15,23H,6-11H2,1-5H3,(H,19,24)(H,20,25)/t14-,15?/m1/s1. The van der Waals surface area contributed by atoms with Gasteiger partial charge in [0, 0.05) is 26.2 Å². The number of aliphatic hydroxyl groups is 1. The second kappa shape index (κ2) is 12.5. The maximum atomic E-state index is 12.3. The first-order valence-electron chi connectivity index (χ1n) is 9.84. The smallest absolute Gasteiger partial charge is 0.429 e. The van der Waals surface area contributed by atoms with Crippen LogP contribution in [0.15, 0.2) is 0 Å². The number of ether oxygens (including phenoxy) is 3. The summed E-state index contributed by atoms with van der Waals surface area (Å²) in [6.45, 7) is 11.8. The zero-order valence-electron chi connectivity index (χ0n) is 17.8. The molecule has 0 bridgehead atoms. The topological polar surface area (TPSA) is 130 Å². The Morgan fingerprint density at radius 2 is 1.66 bits per heavy atom. The summed E-state index contributed by atoms with van der Waals surface area (Å²) in [5.74, 6) is -0.660. The number of nitrogens with zero attached hydrogens (tertiary/aromatic N) is 2. The lowest BCUT2D eigenvalue weighted by Gasteiger charge is -2.31. The molecule has 11 heteroatoms. The van der Waals surface area contributed by atoms with Crippen LogP contribution in [-0.2, 0) is 19.0 Å². The first-order chi connectivity index (χ1) is 13.6. The summed E-state index contributed by atoms with van der Waals surface area (Å²) in [4.78, 5) is 38.7. The molecule has 2 atom stereocenters. The second-order valence-corrected chi connectivity index (χ2v) is 7.30. The second-order valence-electron chi connectivity index (χ2n) is 7.30. The van der Waals surface area contributed by atoms with Crippen LogP contribution in [0, 0.1) is 0 Å². The Balaban J connectivity index is 2.65. The van der Waals surface area contributed by atoms with E-state index in [-0.39, 0.29) is 0 Å². The third-order valence-corrected chi connectivity index (χ3v) is 4.05. The van der Waals surface area contributed by atoms with Crippen LogP contribution in [0.3, 0.4) is 0 Å². The predicted molar refractivity (Wildman–Crippen MR) is 104 cm³/mol. The molecule has 3 amide bonds. The van der Waals surface area contributed by atoms with E-state index in [4.69, 9.17) is 14.2 Å². The maximum absolute atomic E-state index is 12.3. The Bertz CT molecular complexity index is 538. The first kappa shape index (κ1) is 24.9. The van der Waals surface area contributed by atoms with Gasteiger partial charge in [0.2, 0.25) is 0 Å². The van der Waals surface area contributed by atoms with Gasteiger partial charge in [-0.15, -0.1) is 0 Å². The minimum absolute atomic E-state index is 0.335. The molecule has 0 aliphatic carbocycles. The van der Waals surface area contributed by atoms with Crippen molar-refractivity contribution in [1.29, 1.82) is 0 Å². The van der Waals surface area contributed by atoms with E-state index < -0.39 is 42.4 Å². The summed E-state index contributed by atoms with van der Waals surface area (Å²) in [7, 11) is 0. The predicted octanol–water partition coefficient (Wildman–Crippen LogP) is 0.0808. The Morgan fingerprint density at radius 1 is 1.07 bits per heavy atom. The van der Waals surface area contributed by atoms with Crippen molar-refractivity contribution in [2.45, 2.75) is 59.0 Å². The molecule has 0 aromatic rings. The van der Waals surface area contributed by atoms with Crippen molar-refractivity contribution >= 4 is 18.1 Å². The molecule has 29 heavy (non-hydrogen) atoms. The number of carbonyl (C=O) groups is 3. The quantitative estimate of drug-likeness (QED) is 0.473. The van der Waals surface area contributed by atoms with Crippen LogP contribution in [0.4, 0.5) is 9.59 Å². The number of carbonyl (C=O) groups excluding carboxylic acids is 3. The van der Waals surface area contributed by atoms with Crippen LogP contribution in [0.25, 0.3) is 0 Å². The number of amides is 3. The van der Waals surface area contributed by atoms with Gasteiger partial charge in [-0.25, -0.2) is 20.0 Å². The summed E-state index contributed by atoms with van der Waals surface area (Å²) in [5.41, 5.74) is 2.23. The molecule has 1 rings (SSSR count). The van der Waals surface area contributed by atoms with Crippen molar-refractivity contribution < 1.29 is 33.7 Å². The van der Waals surface area contributed by atoms with Crippen LogP contribution < -0.4 is 10.7 Å². The number of hydrazine groups is 1. The first-order valence-corrected chi connectivity index (χ1v) is 9.84. The average Bonchev–Trinajstić information content (AvgIpc) is 2.64. The molecule has 0 spiro atoms. The highest BCUT2D eigenvalue weighted by atomic mass is 16.6. The van der Waals surface area contributed by atoms with E-state index in [2.05, 4.69) is 15.6 Å². The summed E-state index contributed by atoms with van der Waals surface area (Å²) in [6, 6.07) is -1.09. The minimum atomic E-state index is -1.58. The molecule has 0 saturated carbocycles. The lowest BCUT2D eigenvalue weighted by molar-refractivity contribution is -0.133. The fourth-order valence-electron chi connectivity index (χ4n) is 2.54. The van der Waals surface area contributed by atoms with Crippen molar-refractivity contribution in [2.24, 2.45) is 0 Å². The maximum Gasteiger partial charge on any atom is 0.429 e. The highest BCUT2D eigenvalue weighted by Crippen LogP contribution is 2.08. The van der Waals surface area contributed by atoms with Gasteiger partial charge in [0.25, 0.3) is 5.91 Å². The van der Waals surface area contributed by atoms with Gasteiger partial charge in [-0.2, -0.15) is 0 Å². The summed E-state index contributed by atoms with van der Waals surface area (Å²) in [6.07, 6.45) is -4.26. The summed E-state index contributed by atoms with van der Waals surface area (Å²) >= 11 is 0. The molecule has 1 aliphatic rings. The van der Waals surface area contributed by atoms with Gasteiger partial charge < -0.3 is 24.6 Å². The van der Waals surface area contributed by atoms with E-state index in [1.54, 1.807) is 27.7 Å². The van der Waals surface area contributed by atoms with Crippen LogP contribution in [-0.4, -0.2) is 96.9 Å². The highest BCUT2D eigenvalue weighted by molar-refractivity contribution is 5.82. The molecule has 1 aliphatic heterocycles. The lowest BCUT2D eigenvalue weighted by atomic mass is 10.1. The van der Waals surface area contributed by atoms with Gasteiger partial charge in [0.15, 0.2) is 6.10 Å². The van der Waals surface area contributed by atoms with E-state index in [1.165, 1.54) is 6.92 Å². The Labute approximate surface area is 171 Å². The molecular weight excluding hydrogens is 384 g/mol. The zero-order chi connectivity index (χ0) is 22.0. The fraction of sp³-hybridized carbons (Fsp3) is 0.833. The van der Waals surface area contributed by atoms with Crippen LogP contribution in [0.1, 0.15) is 34.6 Å². The monoisotopic (exact) mass is 418 g/mol. The van der Waals surface area contributed by atoms with E-state index in [1.807, 2.05) is 0 Å². The Hall–Kier alpha value is -2.11. The molecule has 0 aromatic carbocycles. The van der Waals surface area contributed by atoms with E-state index in [9.17, 15) is 19.5 Å². The molecule has 0 radical (unpaired) electrons. The van der Waals surface area contributed by atoms with Crippen LogP contribution in [0.5, 0.6) is 0 Å². The normalized spacial score (nSPS) is 16.8. The Morgan fingerprint density at radius 3 is 2.21 bits per heavy atom. The molecule has 1 unspecified atom stereocenters. The SMILES string of the molecule is CC(C)OC(=O)NN(C(=O)OC(C)C)[C@H](C)C(O)C(=O)NCCN1CCOCC1. The van der Waals surface area contributed by atoms with Crippen molar-refractivity contribution in [1.82, 2.24) is 20.7 Å². The van der Waals surface area contributed by atoms with Gasteiger partial charge >= 0.3 is 12.2 Å². The van der Waals surface area contributed by atoms with Crippen molar-refractivity contribution in [3.63, 3.8) is 0 Å². The molecule has 11 nitrogen and oxygen atoms in total. The lowest BCUT2D eigenvalue weighted by Crippen LogP contribution is -2.58. The number of aliphatic hydroxyl groups excluding tert-OH is 1. The molecule has 0 aromatic heterocycles. The minimum Gasteiger partial charge on any atom is -0.446 e. The summed E-state index contributed by atoms with van der Waals surface area (Å²) < 4.78 is 15.3. The number of hydrogen-bond acceptors (Lipinski definition) is 8. The van der Waals surface area contributed by atoms with Gasteiger partial charge in [-0.1, -0.05) is 0 Å². The van der Waals surface area contributed by atoms with E-state index in [0.29, 0.717) is 26.3 Å². The van der Waals surface area contributed by atoms with Gasteiger partial charge in [0.1, 0.15) is 0 Å². The third kappa shape index (κ3) is 9.29. The number of nitrogens with one attached hydrogen (secondary N) is 2. The zero-order valence-corrected chi connectivity index (χ0v) is 17.8. The van der Waals surface area contributed by atoms with Gasteiger partial charge in [-0.05, 0) is 34.6 Å². The van der Waals surface area contributed by atoms with Crippen molar-refractivity contribution in [3.8, 4) is 0 Å². The molecule has 1 saturated heterocycles. The molecule has 1 fully saturated rings. The summed E-state index contributed by atoms with van der Waals surface area (Å²) in [5, 5.41) is 13.8. The molecule has 168 valence electrons. The molecular formula is C18H34N4O7. The highest BCUT2D eigenvalue weighted by Gasteiger charge is 2.34. The van der Waals surface area contributed by atoms with E-state index in [0.717, 1.165) is 18.1 Å². The van der Waals surface area contributed by atoms with Crippen LogP contribution >= 0.6 is 0 Å². The Kier molecular flexibility index (Phi) is 10.7. The van der Waals surface area contributed by atoms with Gasteiger partial charge in [0.05, 0.1) is 31.5 Å². The largest absolute Gasteiger partial charge is 0.446 e. The van der Waals surface area contributed by atoms with Crippen LogP contribution in [0.2, 0.25) is 0 Å². The number of hydrogen-bond donors (Lipinski definition) is 3. The fourth-order valence-corrected chi connectivity index (χ4v) is 2.54. The molecule has 1 heterocycles.